The minimum absolute atomic E-state index is 0.148. The Morgan fingerprint density at radius 1 is 1.24 bits per heavy atom. The predicted octanol–water partition coefficient (Wildman–Crippen LogP) is 1.08. The molecule has 1 fully saturated rings. The molecule has 1 unspecified atom stereocenters. The monoisotopic (exact) mass is 294 g/mol. The van der Waals surface area contributed by atoms with Gasteiger partial charge in [-0.2, -0.15) is 0 Å². The van der Waals surface area contributed by atoms with Crippen LogP contribution in [0.2, 0.25) is 0 Å². The maximum absolute atomic E-state index is 11.7. The highest BCUT2D eigenvalue weighted by atomic mass is 16.5. The first-order chi connectivity index (χ1) is 9.96. The van der Waals surface area contributed by atoms with E-state index in [9.17, 15) is 4.79 Å². The number of amides is 1. The van der Waals surface area contributed by atoms with Crippen LogP contribution in [0.5, 0.6) is 17.2 Å². The van der Waals surface area contributed by atoms with Crippen molar-refractivity contribution in [3.05, 3.63) is 18.2 Å². The Hall–Kier alpha value is -1.95. The summed E-state index contributed by atoms with van der Waals surface area (Å²) in [6.07, 6.45) is 2.13. The van der Waals surface area contributed by atoms with Crippen LogP contribution in [0.4, 0.5) is 0 Å². The highest BCUT2D eigenvalue weighted by molar-refractivity contribution is 5.84. The van der Waals surface area contributed by atoms with Gasteiger partial charge in [0.25, 0.3) is 0 Å². The van der Waals surface area contributed by atoms with Crippen LogP contribution in [0, 0.1) is 0 Å². The average Bonchev–Trinajstić information content (AvgIpc) is 3.28. The lowest BCUT2D eigenvalue weighted by Gasteiger charge is -2.27. The van der Waals surface area contributed by atoms with Gasteiger partial charge in [0.2, 0.25) is 5.91 Å². The summed E-state index contributed by atoms with van der Waals surface area (Å²) in [6, 6.07) is 5.58. The van der Waals surface area contributed by atoms with E-state index in [0.717, 1.165) is 12.8 Å². The zero-order valence-electron chi connectivity index (χ0n) is 12.6. The zero-order valence-corrected chi connectivity index (χ0v) is 12.6. The van der Waals surface area contributed by atoms with Crippen LogP contribution in [0.15, 0.2) is 18.2 Å². The van der Waals surface area contributed by atoms with Crippen LogP contribution in [0.1, 0.15) is 19.8 Å². The van der Waals surface area contributed by atoms with Crippen LogP contribution in [0.3, 0.4) is 0 Å². The van der Waals surface area contributed by atoms with Gasteiger partial charge in [-0.25, -0.2) is 0 Å². The van der Waals surface area contributed by atoms with E-state index in [0.29, 0.717) is 23.3 Å². The van der Waals surface area contributed by atoms with Crippen molar-refractivity contribution in [2.45, 2.75) is 31.3 Å². The van der Waals surface area contributed by atoms with Crippen LogP contribution >= 0.6 is 0 Å². The van der Waals surface area contributed by atoms with Gasteiger partial charge in [0.15, 0.2) is 0 Å². The third-order valence-corrected chi connectivity index (χ3v) is 3.50. The second-order valence-electron chi connectivity index (χ2n) is 5.45. The van der Waals surface area contributed by atoms with Crippen LogP contribution in [-0.2, 0) is 4.79 Å². The zero-order chi connectivity index (χ0) is 15.5. The van der Waals surface area contributed by atoms with Crippen molar-refractivity contribution in [3.63, 3.8) is 0 Å². The largest absolute Gasteiger partial charge is 0.496 e. The second-order valence-corrected chi connectivity index (χ2v) is 5.45. The second kappa shape index (κ2) is 6.22. The Balaban J connectivity index is 2.07. The van der Waals surface area contributed by atoms with E-state index in [1.807, 2.05) is 0 Å². The summed E-state index contributed by atoms with van der Waals surface area (Å²) in [6.45, 7) is 1.90. The van der Waals surface area contributed by atoms with Crippen molar-refractivity contribution in [2.75, 3.05) is 20.8 Å². The van der Waals surface area contributed by atoms with Crippen LogP contribution in [-0.4, -0.2) is 38.3 Å². The Morgan fingerprint density at radius 2 is 1.76 bits per heavy atom. The smallest absolute Gasteiger partial charge is 0.240 e. The molecule has 6 nitrogen and oxygen atoms in total. The van der Waals surface area contributed by atoms with E-state index in [4.69, 9.17) is 19.9 Å². The number of rotatable bonds is 8. The molecule has 0 aliphatic heterocycles. The van der Waals surface area contributed by atoms with Gasteiger partial charge in [-0.05, 0) is 19.8 Å². The maximum atomic E-state index is 11.7. The maximum Gasteiger partial charge on any atom is 0.240 e. The quantitative estimate of drug-likeness (QED) is 0.749. The Bertz CT molecular complexity index is 494. The molecule has 0 radical (unpaired) electrons. The van der Waals surface area contributed by atoms with Gasteiger partial charge in [-0.3, -0.25) is 10.1 Å². The van der Waals surface area contributed by atoms with Gasteiger partial charge >= 0.3 is 0 Å². The topological polar surface area (TPSA) is 82.8 Å². The normalized spacial score (nSPS) is 16.9. The molecule has 0 spiro atoms. The average molecular weight is 294 g/mol. The number of hydrogen-bond donors (Lipinski definition) is 2. The molecule has 2 rings (SSSR count). The molecule has 6 heteroatoms. The van der Waals surface area contributed by atoms with Gasteiger partial charge in [0.1, 0.15) is 29.4 Å². The number of carbonyl (C=O) groups excluding carboxylic acids is 1. The molecular weight excluding hydrogens is 272 g/mol. The van der Waals surface area contributed by atoms with Crippen molar-refractivity contribution >= 4 is 5.91 Å². The van der Waals surface area contributed by atoms with Gasteiger partial charge < -0.3 is 19.9 Å². The molecule has 1 aliphatic carbocycles. The fraction of sp³-hybridized carbons (Fsp3) is 0.533. The van der Waals surface area contributed by atoms with E-state index in [1.165, 1.54) is 0 Å². The molecule has 0 saturated heterocycles. The third kappa shape index (κ3) is 4.01. The molecule has 1 aliphatic rings. The molecule has 21 heavy (non-hydrogen) atoms. The third-order valence-electron chi connectivity index (χ3n) is 3.50. The molecule has 1 aromatic rings. The molecule has 1 saturated carbocycles. The first kappa shape index (κ1) is 15.4. The molecule has 0 aromatic heterocycles. The Kier molecular flexibility index (Phi) is 4.57. The van der Waals surface area contributed by atoms with E-state index in [2.05, 4.69) is 5.32 Å². The molecule has 0 heterocycles. The summed E-state index contributed by atoms with van der Waals surface area (Å²) in [4.78, 5) is 11.7. The number of ether oxygens (including phenoxy) is 3. The van der Waals surface area contributed by atoms with Crippen molar-refractivity contribution in [3.8, 4) is 17.2 Å². The van der Waals surface area contributed by atoms with E-state index < -0.39 is 11.4 Å². The predicted molar refractivity (Wildman–Crippen MR) is 78.8 cm³/mol. The number of nitrogens with one attached hydrogen (secondary N) is 1. The number of hydrogen-bond acceptors (Lipinski definition) is 5. The lowest BCUT2D eigenvalue weighted by atomic mass is 10.0. The Morgan fingerprint density at radius 3 is 2.19 bits per heavy atom. The van der Waals surface area contributed by atoms with Crippen LogP contribution < -0.4 is 25.3 Å². The molecule has 1 aromatic carbocycles. The molecule has 1 atom stereocenters. The standard InChI is InChI=1S/C15H22N2O4/c1-15(14(16)18,17-10-4-5-10)9-21-13-7-11(19-2)6-12(8-13)20-3/h6-8,10,17H,4-5,9H2,1-3H3,(H2,16,18). The number of methoxy groups -OCH3 is 2. The van der Waals surface area contributed by atoms with Crippen LogP contribution in [0.25, 0.3) is 0 Å². The Labute approximate surface area is 124 Å². The fourth-order valence-corrected chi connectivity index (χ4v) is 1.95. The SMILES string of the molecule is COc1cc(OC)cc(OCC(C)(NC2CC2)C(N)=O)c1. The summed E-state index contributed by atoms with van der Waals surface area (Å²) >= 11 is 0. The summed E-state index contributed by atoms with van der Waals surface area (Å²) in [7, 11) is 3.14. The number of primary amides is 1. The highest BCUT2D eigenvalue weighted by Gasteiger charge is 2.37. The molecule has 3 N–H and O–H groups in total. The van der Waals surface area contributed by atoms with Crippen molar-refractivity contribution in [1.29, 1.82) is 0 Å². The minimum Gasteiger partial charge on any atom is -0.496 e. The first-order valence-corrected chi connectivity index (χ1v) is 6.90. The molecule has 116 valence electrons. The summed E-state index contributed by atoms with van der Waals surface area (Å²) in [5.41, 5.74) is 4.60. The lowest BCUT2D eigenvalue weighted by Crippen LogP contribution is -2.57. The fourth-order valence-electron chi connectivity index (χ4n) is 1.95. The van der Waals surface area contributed by atoms with Crippen molar-refractivity contribution < 1.29 is 19.0 Å². The van der Waals surface area contributed by atoms with Crippen molar-refractivity contribution in [2.24, 2.45) is 5.73 Å². The van der Waals surface area contributed by atoms with Gasteiger partial charge in [0.05, 0.1) is 14.2 Å². The van der Waals surface area contributed by atoms with Crippen molar-refractivity contribution in [1.82, 2.24) is 5.32 Å². The first-order valence-electron chi connectivity index (χ1n) is 6.90. The van der Waals surface area contributed by atoms with Gasteiger partial charge in [0, 0.05) is 24.2 Å². The van der Waals surface area contributed by atoms with E-state index in [1.54, 1.807) is 39.3 Å². The summed E-state index contributed by atoms with van der Waals surface area (Å²) < 4.78 is 16.1. The number of nitrogens with two attached hydrogens (primary N) is 1. The van der Waals surface area contributed by atoms with E-state index >= 15 is 0 Å². The molecular formula is C15H22N2O4. The molecule has 1 amide bonds. The number of carbonyl (C=O) groups is 1. The van der Waals surface area contributed by atoms with Gasteiger partial charge in [-0.15, -0.1) is 0 Å². The number of benzene rings is 1. The molecule has 0 bridgehead atoms. The van der Waals surface area contributed by atoms with E-state index in [-0.39, 0.29) is 6.61 Å². The van der Waals surface area contributed by atoms with Gasteiger partial charge in [-0.1, -0.05) is 0 Å². The summed E-state index contributed by atoms with van der Waals surface area (Å²) in [5.74, 6) is 1.39. The highest BCUT2D eigenvalue weighted by Crippen LogP contribution is 2.28. The summed E-state index contributed by atoms with van der Waals surface area (Å²) in [5, 5.41) is 3.23. The lowest BCUT2D eigenvalue weighted by molar-refractivity contribution is -0.125. The minimum atomic E-state index is -0.891.